The summed E-state index contributed by atoms with van der Waals surface area (Å²) >= 11 is 0. The highest BCUT2D eigenvalue weighted by molar-refractivity contribution is 7.89. The number of hydrogen-bond donors (Lipinski definition) is 0. The first-order chi connectivity index (χ1) is 15.8. The Balaban J connectivity index is 1.62. The Morgan fingerprint density at radius 2 is 1.55 bits per heavy atom. The lowest BCUT2D eigenvalue weighted by molar-refractivity contribution is -0.134. The number of carbonyl (C=O) groups is 1. The van der Waals surface area contributed by atoms with Gasteiger partial charge in [0.25, 0.3) is 5.91 Å². The molecule has 8 nitrogen and oxygen atoms in total. The monoisotopic (exact) mass is 476 g/mol. The Morgan fingerprint density at radius 3 is 2.21 bits per heavy atom. The second kappa shape index (κ2) is 10.9. The van der Waals surface area contributed by atoms with Crippen LogP contribution in [0.2, 0.25) is 0 Å². The Bertz CT molecular complexity index is 1080. The molecule has 0 aromatic heterocycles. The van der Waals surface area contributed by atoms with E-state index in [1.165, 1.54) is 16.4 Å². The van der Waals surface area contributed by atoms with Gasteiger partial charge in [-0.1, -0.05) is 12.1 Å². The molecule has 3 rings (SSSR count). The van der Waals surface area contributed by atoms with E-state index in [-0.39, 0.29) is 30.5 Å². The molecule has 1 saturated heterocycles. The summed E-state index contributed by atoms with van der Waals surface area (Å²) in [5.74, 6) is 1.44. The van der Waals surface area contributed by atoms with Gasteiger partial charge in [0, 0.05) is 32.2 Å². The third kappa shape index (κ3) is 5.78. The molecule has 2 aromatic carbocycles. The molecule has 180 valence electrons. The summed E-state index contributed by atoms with van der Waals surface area (Å²) in [6.45, 7) is 9.46. The highest BCUT2D eigenvalue weighted by atomic mass is 32.2. The van der Waals surface area contributed by atoms with Gasteiger partial charge in [0.1, 0.15) is 5.75 Å². The minimum Gasteiger partial charge on any atom is -0.490 e. The fraction of sp³-hybridized carbons (Fsp3) is 0.458. The van der Waals surface area contributed by atoms with Crippen molar-refractivity contribution in [2.45, 2.75) is 32.6 Å². The fourth-order valence-corrected chi connectivity index (χ4v) is 5.07. The number of hydrogen-bond acceptors (Lipinski definition) is 6. The molecular formula is C24H32N2O6S. The first-order valence-electron chi connectivity index (χ1n) is 11.1. The van der Waals surface area contributed by atoms with Gasteiger partial charge in [-0.15, -0.1) is 0 Å². The number of amides is 1. The van der Waals surface area contributed by atoms with Crippen LogP contribution in [0.15, 0.2) is 41.3 Å². The van der Waals surface area contributed by atoms with Crippen LogP contribution in [-0.2, 0) is 14.8 Å². The van der Waals surface area contributed by atoms with Gasteiger partial charge in [-0.3, -0.25) is 4.79 Å². The molecule has 0 unspecified atom stereocenters. The lowest BCUT2D eigenvalue weighted by Gasteiger charge is -2.34. The van der Waals surface area contributed by atoms with Gasteiger partial charge < -0.3 is 19.1 Å². The molecular weight excluding hydrogens is 444 g/mol. The summed E-state index contributed by atoms with van der Waals surface area (Å²) in [7, 11) is -3.72. The van der Waals surface area contributed by atoms with Gasteiger partial charge in [-0.25, -0.2) is 8.42 Å². The molecule has 0 atom stereocenters. The molecule has 0 radical (unpaired) electrons. The molecule has 1 heterocycles. The minimum absolute atomic E-state index is 0.0757. The van der Waals surface area contributed by atoms with Gasteiger partial charge in [0.2, 0.25) is 10.0 Å². The van der Waals surface area contributed by atoms with E-state index >= 15 is 0 Å². The summed E-state index contributed by atoms with van der Waals surface area (Å²) in [6.07, 6.45) is 0. The summed E-state index contributed by atoms with van der Waals surface area (Å²) in [6, 6.07) is 10.4. The van der Waals surface area contributed by atoms with E-state index in [9.17, 15) is 13.2 Å². The Hall–Kier alpha value is -2.78. The van der Waals surface area contributed by atoms with Crippen molar-refractivity contribution in [2.75, 3.05) is 46.0 Å². The van der Waals surface area contributed by atoms with Crippen molar-refractivity contribution in [3.63, 3.8) is 0 Å². The van der Waals surface area contributed by atoms with Crippen LogP contribution in [0.3, 0.4) is 0 Å². The Labute approximate surface area is 196 Å². The van der Waals surface area contributed by atoms with Crippen LogP contribution in [-0.4, -0.2) is 69.5 Å². The van der Waals surface area contributed by atoms with Crippen molar-refractivity contribution in [1.29, 1.82) is 0 Å². The van der Waals surface area contributed by atoms with Crippen molar-refractivity contribution in [3.05, 3.63) is 47.5 Å². The van der Waals surface area contributed by atoms with Crippen molar-refractivity contribution < 1.29 is 27.4 Å². The van der Waals surface area contributed by atoms with E-state index in [0.717, 1.165) is 11.1 Å². The van der Waals surface area contributed by atoms with Crippen molar-refractivity contribution >= 4 is 15.9 Å². The predicted octanol–water partition coefficient (Wildman–Crippen LogP) is 3.01. The van der Waals surface area contributed by atoms with Crippen molar-refractivity contribution in [1.82, 2.24) is 9.21 Å². The van der Waals surface area contributed by atoms with E-state index in [1.807, 2.05) is 45.9 Å². The number of ether oxygens (including phenoxy) is 3. The van der Waals surface area contributed by atoms with Crippen LogP contribution in [0.1, 0.15) is 25.0 Å². The molecule has 1 aliphatic heterocycles. The highest BCUT2D eigenvalue weighted by Crippen LogP contribution is 2.31. The van der Waals surface area contributed by atoms with Gasteiger partial charge in [0.15, 0.2) is 18.1 Å². The standard InChI is InChI=1S/C24H32N2O6S/c1-5-30-22-11-10-20(16-23(22)31-6-2)33(28,29)26-14-12-25(13-15-26)24(27)17-32-21-9-7-8-18(3)19(21)4/h7-11,16H,5-6,12-15,17H2,1-4H3. The van der Waals surface area contributed by atoms with E-state index in [0.29, 0.717) is 43.6 Å². The van der Waals surface area contributed by atoms with Crippen LogP contribution >= 0.6 is 0 Å². The maximum absolute atomic E-state index is 13.2. The van der Waals surface area contributed by atoms with E-state index in [2.05, 4.69) is 0 Å². The predicted molar refractivity (Wildman–Crippen MR) is 126 cm³/mol. The molecule has 1 aliphatic rings. The summed E-state index contributed by atoms with van der Waals surface area (Å²) in [5, 5.41) is 0. The average molecular weight is 477 g/mol. The van der Waals surface area contributed by atoms with Gasteiger partial charge in [-0.05, 0) is 57.0 Å². The number of benzene rings is 2. The minimum atomic E-state index is -3.72. The van der Waals surface area contributed by atoms with Crippen LogP contribution in [0.25, 0.3) is 0 Å². The van der Waals surface area contributed by atoms with Gasteiger partial charge in [-0.2, -0.15) is 4.31 Å². The molecule has 0 aliphatic carbocycles. The van der Waals surface area contributed by atoms with Crippen LogP contribution in [0.4, 0.5) is 0 Å². The molecule has 1 fully saturated rings. The quantitative estimate of drug-likeness (QED) is 0.553. The first-order valence-corrected chi connectivity index (χ1v) is 12.6. The van der Waals surface area contributed by atoms with Crippen LogP contribution in [0, 0.1) is 13.8 Å². The third-order valence-corrected chi connectivity index (χ3v) is 7.54. The zero-order valence-corrected chi connectivity index (χ0v) is 20.5. The largest absolute Gasteiger partial charge is 0.490 e. The highest BCUT2D eigenvalue weighted by Gasteiger charge is 2.31. The first kappa shape index (κ1) is 24.9. The number of carbonyl (C=O) groups excluding carboxylic acids is 1. The smallest absolute Gasteiger partial charge is 0.260 e. The van der Waals surface area contributed by atoms with E-state index in [1.54, 1.807) is 11.0 Å². The summed E-state index contributed by atoms with van der Waals surface area (Å²) in [4.78, 5) is 14.4. The topological polar surface area (TPSA) is 85.4 Å². The zero-order chi connectivity index (χ0) is 24.0. The number of aryl methyl sites for hydroxylation is 1. The van der Waals surface area contributed by atoms with Crippen LogP contribution in [0.5, 0.6) is 17.2 Å². The Morgan fingerprint density at radius 1 is 0.879 bits per heavy atom. The molecule has 33 heavy (non-hydrogen) atoms. The van der Waals surface area contributed by atoms with E-state index in [4.69, 9.17) is 14.2 Å². The second-order valence-electron chi connectivity index (χ2n) is 7.75. The number of rotatable bonds is 9. The normalized spacial score (nSPS) is 14.7. The summed E-state index contributed by atoms with van der Waals surface area (Å²) in [5.41, 5.74) is 2.10. The number of nitrogens with zero attached hydrogens (tertiary/aromatic N) is 2. The molecule has 0 saturated carbocycles. The molecule has 0 N–H and O–H groups in total. The third-order valence-electron chi connectivity index (χ3n) is 5.65. The second-order valence-corrected chi connectivity index (χ2v) is 9.68. The molecule has 0 bridgehead atoms. The average Bonchev–Trinajstić information content (AvgIpc) is 2.81. The van der Waals surface area contributed by atoms with Crippen molar-refractivity contribution in [3.8, 4) is 17.2 Å². The van der Waals surface area contributed by atoms with Gasteiger partial charge in [0.05, 0.1) is 18.1 Å². The molecule has 1 amide bonds. The lowest BCUT2D eigenvalue weighted by Crippen LogP contribution is -2.51. The molecule has 2 aromatic rings. The van der Waals surface area contributed by atoms with E-state index < -0.39 is 10.0 Å². The fourth-order valence-electron chi connectivity index (χ4n) is 3.63. The van der Waals surface area contributed by atoms with Crippen molar-refractivity contribution in [2.24, 2.45) is 0 Å². The maximum Gasteiger partial charge on any atom is 0.260 e. The number of sulfonamides is 1. The molecule has 0 spiro atoms. The lowest BCUT2D eigenvalue weighted by atomic mass is 10.1. The SMILES string of the molecule is CCOc1ccc(S(=O)(=O)N2CCN(C(=O)COc3cccc(C)c3C)CC2)cc1OCC. The number of piperazine rings is 1. The summed E-state index contributed by atoms with van der Waals surface area (Å²) < 4.78 is 44.5. The zero-order valence-electron chi connectivity index (χ0n) is 19.7. The van der Waals surface area contributed by atoms with Gasteiger partial charge >= 0.3 is 0 Å². The van der Waals surface area contributed by atoms with Crippen LogP contribution < -0.4 is 14.2 Å². The maximum atomic E-state index is 13.2. The molecule has 9 heteroatoms. The Kier molecular flexibility index (Phi) is 8.20.